The highest BCUT2D eigenvalue weighted by molar-refractivity contribution is 5.41. The van der Waals surface area contributed by atoms with Crippen LogP contribution in [-0.4, -0.2) is 9.36 Å². The number of rotatable bonds is 2. The van der Waals surface area contributed by atoms with E-state index in [1.54, 1.807) is 11.7 Å². The molecule has 0 spiro atoms. The summed E-state index contributed by atoms with van der Waals surface area (Å²) >= 11 is 0. The maximum Gasteiger partial charge on any atom is 0.289 e. The molecule has 68 valence electrons. The molecule has 1 heterocycles. The number of nitrogens with two attached hydrogens (primary N) is 1. The van der Waals surface area contributed by atoms with Crippen molar-refractivity contribution in [2.45, 2.75) is 26.8 Å². The van der Waals surface area contributed by atoms with Crippen molar-refractivity contribution in [1.29, 1.82) is 0 Å². The predicted molar refractivity (Wildman–Crippen MR) is 49.1 cm³/mol. The molecule has 0 aliphatic rings. The van der Waals surface area contributed by atoms with Gasteiger partial charge in [-0.2, -0.15) is 0 Å². The Balaban J connectivity index is 3.44. The van der Waals surface area contributed by atoms with Crippen LogP contribution in [0.1, 0.15) is 19.5 Å². The summed E-state index contributed by atoms with van der Waals surface area (Å²) in [7, 11) is 1.74. The van der Waals surface area contributed by atoms with Crippen molar-refractivity contribution in [3.05, 3.63) is 16.0 Å². The molecule has 0 aliphatic carbocycles. The van der Waals surface area contributed by atoms with Crippen molar-refractivity contribution >= 4 is 5.69 Å². The summed E-state index contributed by atoms with van der Waals surface area (Å²) in [6.07, 6.45) is 0.801. The monoisotopic (exact) mass is 169 g/mol. The summed E-state index contributed by atoms with van der Waals surface area (Å²) in [5, 5.41) is 0. The van der Waals surface area contributed by atoms with Gasteiger partial charge in [-0.15, -0.1) is 0 Å². The summed E-state index contributed by atoms with van der Waals surface area (Å²) in [4.78, 5) is 11.3. The maximum atomic E-state index is 11.3. The molecule has 0 bridgehead atoms. The summed E-state index contributed by atoms with van der Waals surface area (Å²) in [6, 6.07) is 0. The smallest absolute Gasteiger partial charge is 0.289 e. The Morgan fingerprint density at radius 2 is 2.00 bits per heavy atom. The first-order chi connectivity index (χ1) is 5.63. The van der Waals surface area contributed by atoms with Crippen molar-refractivity contribution in [1.82, 2.24) is 9.36 Å². The van der Waals surface area contributed by atoms with Crippen LogP contribution in [0.2, 0.25) is 0 Å². The van der Waals surface area contributed by atoms with Gasteiger partial charge in [0, 0.05) is 13.6 Å². The number of aromatic nitrogens is 2. The molecule has 0 radical (unpaired) electrons. The van der Waals surface area contributed by atoms with Gasteiger partial charge >= 0.3 is 0 Å². The minimum absolute atomic E-state index is 0.0892. The van der Waals surface area contributed by atoms with Gasteiger partial charge in [-0.1, -0.05) is 6.92 Å². The lowest BCUT2D eigenvalue weighted by Gasteiger charge is -2.06. The van der Waals surface area contributed by atoms with E-state index in [1.807, 2.05) is 18.5 Å². The van der Waals surface area contributed by atoms with Crippen molar-refractivity contribution in [2.75, 3.05) is 5.73 Å². The fourth-order valence-corrected chi connectivity index (χ4v) is 1.50. The Labute approximate surface area is 71.6 Å². The van der Waals surface area contributed by atoms with Gasteiger partial charge in [0.1, 0.15) is 5.69 Å². The number of anilines is 1. The zero-order valence-electron chi connectivity index (χ0n) is 7.79. The molecule has 1 rings (SSSR count). The number of nitrogen functional groups attached to an aromatic ring is 1. The van der Waals surface area contributed by atoms with Crippen LogP contribution in [0, 0.1) is 0 Å². The first kappa shape index (κ1) is 8.90. The van der Waals surface area contributed by atoms with Crippen molar-refractivity contribution in [2.24, 2.45) is 7.05 Å². The van der Waals surface area contributed by atoms with Crippen LogP contribution in [-0.2, 0) is 20.0 Å². The zero-order valence-corrected chi connectivity index (χ0v) is 7.79. The molecular formula is C8H15N3O. The van der Waals surface area contributed by atoms with Crippen LogP contribution >= 0.6 is 0 Å². The molecule has 4 heteroatoms. The molecule has 0 fully saturated rings. The third-order valence-electron chi connectivity index (χ3n) is 2.14. The lowest BCUT2D eigenvalue weighted by Crippen LogP contribution is -2.19. The molecule has 0 saturated heterocycles. The summed E-state index contributed by atoms with van der Waals surface area (Å²) < 4.78 is 3.46. The molecule has 12 heavy (non-hydrogen) atoms. The standard InChI is InChI=1S/C8H15N3O/c1-4-6-7(9)8(12)10(3)11(6)5-2/h4-5,9H2,1-3H3. The Kier molecular flexibility index (Phi) is 2.26. The molecule has 2 N–H and O–H groups in total. The summed E-state index contributed by atoms with van der Waals surface area (Å²) in [5.41, 5.74) is 6.87. The first-order valence-corrected chi connectivity index (χ1v) is 4.17. The van der Waals surface area contributed by atoms with E-state index in [9.17, 15) is 4.79 Å². The highest BCUT2D eigenvalue weighted by atomic mass is 16.1. The molecule has 1 aromatic rings. The largest absolute Gasteiger partial charge is 0.393 e. The summed E-state index contributed by atoms with van der Waals surface area (Å²) in [5.74, 6) is 0. The van der Waals surface area contributed by atoms with Crippen molar-refractivity contribution in [3.63, 3.8) is 0 Å². The minimum atomic E-state index is -0.0892. The second kappa shape index (κ2) is 3.05. The van der Waals surface area contributed by atoms with Crippen LogP contribution in [0.4, 0.5) is 5.69 Å². The Morgan fingerprint density at radius 3 is 2.33 bits per heavy atom. The van der Waals surface area contributed by atoms with Crippen LogP contribution in [0.25, 0.3) is 0 Å². The Morgan fingerprint density at radius 1 is 1.42 bits per heavy atom. The van der Waals surface area contributed by atoms with Gasteiger partial charge in [0.2, 0.25) is 0 Å². The third-order valence-corrected chi connectivity index (χ3v) is 2.14. The summed E-state index contributed by atoms with van der Waals surface area (Å²) in [6.45, 7) is 4.78. The zero-order chi connectivity index (χ0) is 9.30. The van der Waals surface area contributed by atoms with E-state index >= 15 is 0 Å². The van der Waals surface area contributed by atoms with Gasteiger partial charge in [0.05, 0.1) is 5.69 Å². The Bertz CT molecular complexity index is 304. The van der Waals surface area contributed by atoms with Gasteiger partial charge in [-0.25, -0.2) is 0 Å². The van der Waals surface area contributed by atoms with E-state index < -0.39 is 0 Å². The van der Waals surface area contributed by atoms with E-state index in [-0.39, 0.29) is 5.56 Å². The molecule has 0 aromatic carbocycles. The molecule has 1 aromatic heterocycles. The number of hydrogen-bond acceptors (Lipinski definition) is 2. The lowest BCUT2D eigenvalue weighted by atomic mass is 10.3. The van der Waals surface area contributed by atoms with E-state index in [2.05, 4.69) is 0 Å². The highest BCUT2D eigenvalue weighted by Crippen LogP contribution is 2.07. The quantitative estimate of drug-likeness (QED) is 0.694. The van der Waals surface area contributed by atoms with Gasteiger partial charge in [0.25, 0.3) is 5.56 Å². The van der Waals surface area contributed by atoms with E-state index in [4.69, 9.17) is 5.73 Å². The van der Waals surface area contributed by atoms with E-state index in [1.165, 1.54) is 0 Å². The van der Waals surface area contributed by atoms with E-state index in [0.717, 1.165) is 18.7 Å². The third kappa shape index (κ3) is 1.03. The van der Waals surface area contributed by atoms with Gasteiger partial charge in [-0.3, -0.25) is 14.2 Å². The van der Waals surface area contributed by atoms with Gasteiger partial charge in [0.15, 0.2) is 0 Å². The SMILES string of the molecule is CCc1c(N)c(=O)n(C)n1CC. The fourth-order valence-electron chi connectivity index (χ4n) is 1.50. The average Bonchev–Trinajstić information content (AvgIpc) is 2.29. The number of nitrogens with zero attached hydrogens (tertiary/aromatic N) is 2. The Hall–Kier alpha value is -1.19. The predicted octanol–water partition coefficient (Wildman–Crippen LogP) is 0.351. The van der Waals surface area contributed by atoms with Crippen molar-refractivity contribution < 1.29 is 0 Å². The van der Waals surface area contributed by atoms with Crippen LogP contribution in [0.5, 0.6) is 0 Å². The number of hydrogen-bond donors (Lipinski definition) is 1. The van der Waals surface area contributed by atoms with Crippen LogP contribution < -0.4 is 11.3 Å². The molecule has 0 atom stereocenters. The average molecular weight is 169 g/mol. The molecule has 0 saturated carbocycles. The normalized spacial score (nSPS) is 10.6. The molecule has 4 nitrogen and oxygen atoms in total. The lowest BCUT2D eigenvalue weighted by molar-refractivity contribution is 0.504. The highest BCUT2D eigenvalue weighted by Gasteiger charge is 2.11. The van der Waals surface area contributed by atoms with Crippen LogP contribution in [0.15, 0.2) is 4.79 Å². The van der Waals surface area contributed by atoms with Crippen LogP contribution in [0.3, 0.4) is 0 Å². The van der Waals surface area contributed by atoms with Gasteiger partial charge < -0.3 is 5.73 Å². The molecule has 0 aliphatic heterocycles. The van der Waals surface area contributed by atoms with Crippen molar-refractivity contribution in [3.8, 4) is 0 Å². The first-order valence-electron chi connectivity index (χ1n) is 4.17. The topological polar surface area (TPSA) is 53.0 Å². The second-order valence-corrected chi connectivity index (χ2v) is 2.76. The molecule has 0 amide bonds. The second-order valence-electron chi connectivity index (χ2n) is 2.76. The molecular weight excluding hydrogens is 154 g/mol. The maximum absolute atomic E-state index is 11.3. The van der Waals surface area contributed by atoms with Gasteiger partial charge in [-0.05, 0) is 13.3 Å². The minimum Gasteiger partial charge on any atom is -0.393 e. The van der Waals surface area contributed by atoms with E-state index in [0.29, 0.717) is 5.69 Å². The fraction of sp³-hybridized carbons (Fsp3) is 0.625. The molecule has 0 unspecified atom stereocenters.